The molecule has 0 bridgehead atoms. The van der Waals surface area contributed by atoms with Crippen LogP contribution in [0, 0.1) is 0 Å². The number of hydrogen-bond acceptors (Lipinski definition) is 5. The number of carbonyl (C=O) groups is 1. The molecule has 0 N–H and O–H groups in total. The third-order valence-corrected chi connectivity index (χ3v) is 2.71. The number of ether oxygens (including phenoxy) is 2. The highest BCUT2D eigenvalue weighted by atomic mass is 32.1. The summed E-state index contributed by atoms with van der Waals surface area (Å²) in [5.74, 6) is -0.221. The van der Waals surface area contributed by atoms with Gasteiger partial charge in [-0.3, -0.25) is 4.79 Å². The van der Waals surface area contributed by atoms with Crippen molar-refractivity contribution in [3.8, 4) is 0 Å². The molecule has 0 spiro atoms. The predicted molar refractivity (Wildman–Crippen MR) is 58.0 cm³/mol. The molecular weight excluding hydrogens is 214 g/mol. The minimum atomic E-state index is -0.221. The van der Waals surface area contributed by atoms with Crippen molar-refractivity contribution in [3.05, 3.63) is 16.1 Å². The smallest absolute Gasteiger partial charge is 0.311 e. The molecule has 0 saturated carbocycles. The molecule has 1 aromatic heterocycles. The van der Waals surface area contributed by atoms with Crippen molar-refractivity contribution in [1.29, 1.82) is 0 Å². The molecule has 0 aromatic carbocycles. The van der Waals surface area contributed by atoms with Gasteiger partial charge in [-0.2, -0.15) is 0 Å². The van der Waals surface area contributed by atoms with Crippen molar-refractivity contribution in [1.82, 2.24) is 4.98 Å². The van der Waals surface area contributed by atoms with E-state index in [0.717, 1.165) is 17.1 Å². The maximum Gasteiger partial charge on any atom is 0.311 e. The zero-order chi connectivity index (χ0) is 11.1. The molecule has 84 valence electrons. The number of nitrogens with zero attached hydrogens (tertiary/aromatic N) is 1. The molecule has 0 amide bonds. The van der Waals surface area contributed by atoms with Gasteiger partial charge in [-0.15, -0.1) is 11.3 Å². The highest BCUT2D eigenvalue weighted by Gasteiger charge is 2.07. The highest BCUT2D eigenvalue weighted by molar-refractivity contribution is 7.09. The summed E-state index contributed by atoms with van der Waals surface area (Å²) in [6.07, 6.45) is 1.06. The zero-order valence-corrected chi connectivity index (χ0v) is 9.80. The minimum absolute atomic E-state index is 0.221. The molecule has 0 atom stereocenters. The lowest BCUT2D eigenvalue weighted by Crippen LogP contribution is -2.07. The molecule has 0 aliphatic carbocycles. The number of thiazole rings is 1. The lowest BCUT2D eigenvalue weighted by molar-refractivity contribution is -0.142. The zero-order valence-electron chi connectivity index (χ0n) is 8.99. The molecule has 0 radical (unpaired) electrons. The Morgan fingerprint density at radius 3 is 3.07 bits per heavy atom. The molecule has 15 heavy (non-hydrogen) atoms. The summed E-state index contributed by atoms with van der Waals surface area (Å²) in [5, 5.41) is 2.89. The van der Waals surface area contributed by atoms with E-state index in [9.17, 15) is 4.79 Å². The van der Waals surface area contributed by atoms with E-state index in [4.69, 9.17) is 9.47 Å². The summed E-state index contributed by atoms with van der Waals surface area (Å²) in [6.45, 7) is 2.87. The number of esters is 1. The molecular formula is C10H15NO3S. The summed E-state index contributed by atoms with van der Waals surface area (Å²) in [6, 6.07) is 0. The molecule has 0 aliphatic rings. The van der Waals surface area contributed by atoms with Crippen LogP contribution in [-0.2, 0) is 27.1 Å². The second-order valence-electron chi connectivity index (χ2n) is 2.96. The Kier molecular flexibility index (Phi) is 5.28. The van der Waals surface area contributed by atoms with Gasteiger partial charge >= 0.3 is 5.97 Å². The van der Waals surface area contributed by atoms with E-state index in [1.54, 1.807) is 25.4 Å². The maximum absolute atomic E-state index is 11.2. The van der Waals surface area contributed by atoms with Crippen molar-refractivity contribution in [2.75, 3.05) is 20.3 Å². The average Bonchev–Trinajstić information content (AvgIpc) is 2.63. The van der Waals surface area contributed by atoms with Crippen LogP contribution in [0.2, 0.25) is 0 Å². The van der Waals surface area contributed by atoms with E-state index >= 15 is 0 Å². The molecule has 1 rings (SSSR count). The number of rotatable bonds is 6. The number of carbonyl (C=O) groups excluding carboxylic acids is 1. The van der Waals surface area contributed by atoms with Crippen LogP contribution in [0.3, 0.4) is 0 Å². The first-order chi connectivity index (χ1) is 7.26. The van der Waals surface area contributed by atoms with Crippen LogP contribution < -0.4 is 0 Å². The molecule has 1 aromatic rings. The summed E-state index contributed by atoms with van der Waals surface area (Å²) >= 11 is 1.55. The van der Waals surface area contributed by atoms with Crippen molar-refractivity contribution >= 4 is 17.3 Å². The Hall–Kier alpha value is -0.940. The summed E-state index contributed by atoms with van der Waals surface area (Å²) in [7, 11) is 1.66. The van der Waals surface area contributed by atoms with E-state index < -0.39 is 0 Å². The van der Waals surface area contributed by atoms with E-state index in [-0.39, 0.29) is 12.4 Å². The largest absolute Gasteiger partial charge is 0.466 e. The van der Waals surface area contributed by atoms with Gasteiger partial charge in [0.25, 0.3) is 0 Å². The summed E-state index contributed by atoms with van der Waals surface area (Å²) in [4.78, 5) is 15.5. The lowest BCUT2D eigenvalue weighted by Gasteiger charge is -1.98. The highest BCUT2D eigenvalue weighted by Crippen LogP contribution is 2.11. The summed E-state index contributed by atoms with van der Waals surface area (Å²) < 4.78 is 9.79. The average molecular weight is 229 g/mol. The number of methoxy groups -OCH3 is 1. The van der Waals surface area contributed by atoms with Gasteiger partial charge in [0.1, 0.15) is 0 Å². The monoisotopic (exact) mass is 229 g/mol. The van der Waals surface area contributed by atoms with Crippen LogP contribution in [0.15, 0.2) is 5.38 Å². The SMILES string of the molecule is CCOC(=O)Cc1csc(CCOC)n1. The summed E-state index contributed by atoms with van der Waals surface area (Å²) in [5.41, 5.74) is 0.782. The first-order valence-corrected chi connectivity index (χ1v) is 5.72. The van der Waals surface area contributed by atoms with Crippen molar-refractivity contribution in [3.63, 3.8) is 0 Å². The second kappa shape index (κ2) is 6.53. The van der Waals surface area contributed by atoms with Gasteiger partial charge in [0.2, 0.25) is 0 Å². The van der Waals surface area contributed by atoms with Gasteiger partial charge < -0.3 is 9.47 Å². The fraction of sp³-hybridized carbons (Fsp3) is 0.600. The first-order valence-electron chi connectivity index (χ1n) is 4.84. The Morgan fingerprint density at radius 1 is 1.60 bits per heavy atom. The number of aromatic nitrogens is 1. The van der Waals surface area contributed by atoms with Crippen LogP contribution in [-0.4, -0.2) is 31.3 Å². The van der Waals surface area contributed by atoms with E-state index in [0.29, 0.717) is 13.2 Å². The van der Waals surface area contributed by atoms with Crippen molar-refractivity contribution in [2.24, 2.45) is 0 Å². The Labute approximate surface area is 93.2 Å². The van der Waals surface area contributed by atoms with Gasteiger partial charge in [-0.05, 0) is 6.92 Å². The van der Waals surface area contributed by atoms with Gasteiger partial charge in [0.05, 0.1) is 30.3 Å². The fourth-order valence-electron chi connectivity index (χ4n) is 1.09. The molecule has 0 unspecified atom stereocenters. The van der Waals surface area contributed by atoms with Crippen LogP contribution in [0.1, 0.15) is 17.6 Å². The molecule has 0 fully saturated rings. The van der Waals surface area contributed by atoms with Gasteiger partial charge in [0, 0.05) is 18.9 Å². The van der Waals surface area contributed by atoms with E-state index in [2.05, 4.69) is 4.98 Å². The number of hydrogen-bond donors (Lipinski definition) is 0. The molecule has 5 heteroatoms. The van der Waals surface area contributed by atoms with Crippen LogP contribution in [0.5, 0.6) is 0 Å². The van der Waals surface area contributed by atoms with Crippen molar-refractivity contribution in [2.45, 2.75) is 19.8 Å². The Morgan fingerprint density at radius 2 is 2.40 bits per heavy atom. The normalized spacial score (nSPS) is 10.3. The van der Waals surface area contributed by atoms with Gasteiger partial charge in [-0.1, -0.05) is 0 Å². The molecule has 0 saturated heterocycles. The Balaban J connectivity index is 2.42. The van der Waals surface area contributed by atoms with Crippen molar-refractivity contribution < 1.29 is 14.3 Å². The second-order valence-corrected chi connectivity index (χ2v) is 3.90. The fourth-order valence-corrected chi connectivity index (χ4v) is 1.87. The quantitative estimate of drug-likeness (QED) is 0.692. The van der Waals surface area contributed by atoms with E-state index in [1.165, 1.54) is 0 Å². The third-order valence-electron chi connectivity index (χ3n) is 1.75. The van der Waals surface area contributed by atoms with Gasteiger partial charge in [-0.25, -0.2) is 4.98 Å². The maximum atomic E-state index is 11.2. The van der Waals surface area contributed by atoms with Gasteiger partial charge in [0.15, 0.2) is 0 Å². The Bertz CT molecular complexity index is 311. The van der Waals surface area contributed by atoms with E-state index in [1.807, 2.05) is 5.38 Å². The third kappa shape index (κ3) is 4.40. The molecule has 4 nitrogen and oxygen atoms in total. The van der Waals surface area contributed by atoms with Crippen LogP contribution in [0.25, 0.3) is 0 Å². The minimum Gasteiger partial charge on any atom is -0.466 e. The standard InChI is InChI=1S/C10H15NO3S/c1-3-14-10(12)6-8-7-15-9(11-8)4-5-13-2/h7H,3-6H2,1-2H3. The lowest BCUT2D eigenvalue weighted by atomic mass is 10.3. The topological polar surface area (TPSA) is 48.4 Å². The molecule has 0 aliphatic heterocycles. The first kappa shape index (κ1) is 12.1. The molecule has 1 heterocycles. The van der Waals surface area contributed by atoms with Crippen LogP contribution >= 0.6 is 11.3 Å². The van der Waals surface area contributed by atoms with Crippen LogP contribution in [0.4, 0.5) is 0 Å². The predicted octanol–water partition coefficient (Wildman–Crippen LogP) is 1.44.